The van der Waals surface area contributed by atoms with E-state index in [0.717, 1.165) is 16.9 Å². The van der Waals surface area contributed by atoms with Crippen molar-refractivity contribution in [1.82, 2.24) is 14.8 Å². The van der Waals surface area contributed by atoms with Gasteiger partial charge in [-0.1, -0.05) is 18.2 Å². The first kappa shape index (κ1) is 18.9. The number of hydrogen-bond donors (Lipinski definition) is 0. The maximum absolute atomic E-state index is 12.8. The Morgan fingerprint density at radius 2 is 1.89 bits per heavy atom. The van der Waals surface area contributed by atoms with E-state index in [1.165, 1.54) is 0 Å². The first-order valence-corrected chi connectivity index (χ1v) is 9.13. The van der Waals surface area contributed by atoms with Crippen molar-refractivity contribution in [3.8, 4) is 0 Å². The third-order valence-corrected chi connectivity index (χ3v) is 4.89. The normalized spacial score (nSPS) is 16.5. The molecule has 0 N–H and O–H groups in total. The molecule has 1 aliphatic heterocycles. The van der Waals surface area contributed by atoms with Crippen LogP contribution in [0.1, 0.15) is 17.7 Å². The third-order valence-electron chi connectivity index (χ3n) is 4.89. The SMILES string of the molecule is CN(Cc1ccc(N(C)C)cc1)C(=O)[C@@H]1CC(=O)N(Cc2ccccn2)C1. The number of pyridine rings is 1. The Morgan fingerprint density at radius 1 is 1.15 bits per heavy atom. The lowest BCUT2D eigenvalue weighted by atomic mass is 10.1. The average molecular weight is 366 g/mol. The van der Waals surface area contributed by atoms with Gasteiger partial charge in [0.25, 0.3) is 0 Å². The smallest absolute Gasteiger partial charge is 0.228 e. The summed E-state index contributed by atoms with van der Waals surface area (Å²) in [7, 11) is 5.80. The number of carbonyl (C=O) groups excluding carboxylic acids is 2. The highest BCUT2D eigenvalue weighted by molar-refractivity contribution is 5.89. The van der Waals surface area contributed by atoms with E-state index >= 15 is 0 Å². The molecule has 2 heterocycles. The maximum atomic E-state index is 12.8. The highest BCUT2D eigenvalue weighted by Crippen LogP contribution is 2.22. The van der Waals surface area contributed by atoms with Crippen molar-refractivity contribution in [2.45, 2.75) is 19.5 Å². The molecule has 1 aliphatic rings. The summed E-state index contributed by atoms with van der Waals surface area (Å²) >= 11 is 0. The van der Waals surface area contributed by atoms with Crippen molar-refractivity contribution in [2.75, 3.05) is 32.6 Å². The fourth-order valence-corrected chi connectivity index (χ4v) is 3.34. The summed E-state index contributed by atoms with van der Waals surface area (Å²) in [6.45, 7) is 1.45. The first-order valence-electron chi connectivity index (χ1n) is 9.13. The van der Waals surface area contributed by atoms with Crippen LogP contribution >= 0.6 is 0 Å². The molecule has 1 saturated heterocycles. The number of rotatable bonds is 6. The molecule has 1 atom stereocenters. The number of carbonyl (C=O) groups is 2. The van der Waals surface area contributed by atoms with Crippen LogP contribution in [0.3, 0.4) is 0 Å². The monoisotopic (exact) mass is 366 g/mol. The van der Waals surface area contributed by atoms with Gasteiger partial charge in [0.2, 0.25) is 11.8 Å². The van der Waals surface area contributed by atoms with Gasteiger partial charge < -0.3 is 14.7 Å². The summed E-state index contributed by atoms with van der Waals surface area (Å²) in [5, 5.41) is 0. The van der Waals surface area contributed by atoms with Crippen molar-refractivity contribution in [1.29, 1.82) is 0 Å². The Kier molecular flexibility index (Phi) is 5.74. The number of amides is 2. The second-order valence-corrected chi connectivity index (χ2v) is 7.25. The third kappa shape index (κ3) is 4.64. The van der Waals surface area contributed by atoms with E-state index < -0.39 is 0 Å². The van der Waals surface area contributed by atoms with Crippen LogP contribution in [0.4, 0.5) is 5.69 Å². The van der Waals surface area contributed by atoms with Gasteiger partial charge in [0, 0.05) is 52.5 Å². The number of anilines is 1. The van der Waals surface area contributed by atoms with E-state index in [1.54, 1.807) is 23.0 Å². The van der Waals surface area contributed by atoms with Gasteiger partial charge in [-0.25, -0.2) is 0 Å². The molecule has 0 saturated carbocycles. The molecule has 6 heteroatoms. The average Bonchev–Trinajstić information content (AvgIpc) is 3.02. The van der Waals surface area contributed by atoms with Crippen LogP contribution < -0.4 is 4.90 Å². The summed E-state index contributed by atoms with van der Waals surface area (Å²) < 4.78 is 0. The highest BCUT2D eigenvalue weighted by atomic mass is 16.2. The van der Waals surface area contributed by atoms with Crippen LogP contribution in [0, 0.1) is 5.92 Å². The van der Waals surface area contributed by atoms with Gasteiger partial charge in [-0.3, -0.25) is 14.6 Å². The number of hydrogen-bond acceptors (Lipinski definition) is 4. The van der Waals surface area contributed by atoms with E-state index in [-0.39, 0.29) is 24.2 Å². The van der Waals surface area contributed by atoms with Crippen LogP contribution in [0.2, 0.25) is 0 Å². The summed E-state index contributed by atoms with van der Waals surface area (Å²) in [6.07, 6.45) is 1.99. The second kappa shape index (κ2) is 8.20. The summed E-state index contributed by atoms with van der Waals surface area (Å²) in [5.41, 5.74) is 3.04. The Hall–Kier alpha value is -2.89. The van der Waals surface area contributed by atoms with Crippen molar-refractivity contribution >= 4 is 17.5 Å². The topological polar surface area (TPSA) is 56.8 Å². The van der Waals surface area contributed by atoms with Gasteiger partial charge in [0.1, 0.15) is 0 Å². The van der Waals surface area contributed by atoms with Crippen molar-refractivity contribution in [3.63, 3.8) is 0 Å². The molecule has 0 aliphatic carbocycles. The lowest BCUT2D eigenvalue weighted by Gasteiger charge is -2.22. The van der Waals surface area contributed by atoms with Gasteiger partial charge in [-0.05, 0) is 29.8 Å². The first-order chi connectivity index (χ1) is 12.9. The Balaban J connectivity index is 1.57. The van der Waals surface area contributed by atoms with Crippen molar-refractivity contribution < 1.29 is 9.59 Å². The number of aromatic nitrogens is 1. The minimum atomic E-state index is -0.285. The van der Waals surface area contributed by atoms with E-state index in [4.69, 9.17) is 0 Å². The Morgan fingerprint density at radius 3 is 2.52 bits per heavy atom. The van der Waals surface area contributed by atoms with E-state index in [2.05, 4.69) is 4.98 Å². The van der Waals surface area contributed by atoms with Crippen LogP contribution in [0.15, 0.2) is 48.7 Å². The predicted molar refractivity (Wildman–Crippen MR) is 105 cm³/mol. The summed E-state index contributed by atoms with van der Waals surface area (Å²) in [6, 6.07) is 13.8. The van der Waals surface area contributed by atoms with Gasteiger partial charge in [-0.2, -0.15) is 0 Å². The van der Waals surface area contributed by atoms with Gasteiger partial charge in [-0.15, -0.1) is 0 Å². The zero-order valence-corrected chi connectivity index (χ0v) is 16.1. The highest BCUT2D eigenvalue weighted by Gasteiger charge is 2.35. The van der Waals surface area contributed by atoms with Crippen molar-refractivity contribution in [2.24, 2.45) is 5.92 Å². The van der Waals surface area contributed by atoms with Gasteiger partial charge in [0.15, 0.2) is 0 Å². The lowest BCUT2D eigenvalue weighted by Crippen LogP contribution is -2.34. The predicted octanol–water partition coefficient (Wildman–Crippen LogP) is 2.15. The molecule has 2 aromatic rings. The molecule has 0 bridgehead atoms. The van der Waals surface area contributed by atoms with Crippen LogP contribution in [-0.2, 0) is 22.7 Å². The molecule has 1 aromatic heterocycles. The number of benzene rings is 1. The molecule has 1 aromatic carbocycles. The Labute approximate surface area is 160 Å². The van der Waals surface area contributed by atoms with Crippen LogP contribution in [-0.4, -0.2) is 54.3 Å². The second-order valence-electron chi connectivity index (χ2n) is 7.25. The van der Waals surface area contributed by atoms with Crippen LogP contribution in [0.25, 0.3) is 0 Å². The maximum Gasteiger partial charge on any atom is 0.228 e. The standard InChI is InChI=1S/C21H26N4O2/c1-23(2)19-9-7-16(8-10-19)13-24(3)21(27)17-12-20(26)25(14-17)15-18-6-4-5-11-22-18/h4-11,17H,12-15H2,1-3H3/t17-/m1/s1. The molecule has 142 valence electrons. The molecule has 27 heavy (non-hydrogen) atoms. The molecule has 1 fully saturated rings. The van der Waals surface area contributed by atoms with Crippen molar-refractivity contribution in [3.05, 3.63) is 59.9 Å². The number of nitrogens with zero attached hydrogens (tertiary/aromatic N) is 4. The fourth-order valence-electron chi connectivity index (χ4n) is 3.34. The molecule has 0 spiro atoms. The van der Waals surface area contributed by atoms with E-state index in [1.807, 2.05) is 61.5 Å². The Bertz CT molecular complexity index is 790. The molecule has 6 nitrogen and oxygen atoms in total. The van der Waals surface area contributed by atoms with Gasteiger partial charge in [0.05, 0.1) is 18.2 Å². The molecule has 0 unspecified atom stereocenters. The number of likely N-dealkylation sites (tertiary alicyclic amines) is 1. The zero-order valence-electron chi connectivity index (χ0n) is 16.1. The lowest BCUT2D eigenvalue weighted by molar-refractivity contribution is -0.135. The van der Waals surface area contributed by atoms with E-state index in [9.17, 15) is 9.59 Å². The van der Waals surface area contributed by atoms with E-state index in [0.29, 0.717) is 19.6 Å². The molecular weight excluding hydrogens is 340 g/mol. The minimum Gasteiger partial charge on any atom is -0.378 e. The molecular formula is C21H26N4O2. The quantitative estimate of drug-likeness (QED) is 0.786. The molecule has 0 radical (unpaired) electrons. The van der Waals surface area contributed by atoms with Crippen LogP contribution in [0.5, 0.6) is 0 Å². The molecule has 3 rings (SSSR count). The minimum absolute atomic E-state index is 0.0164. The largest absolute Gasteiger partial charge is 0.378 e. The van der Waals surface area contributed by atoms with Gasteiger partial charge >= 0.3 is 0 Å². The molecule has 2 amide bonds. The fraction of sp³-hybridized carbons (Fsp3) is 0.381. The summed E-state index contributed by atoms with van der Waals surface area (Å²) in [4.78, 5) is 34.8. The zero-order chi connectivity index (χ0) is 19.4. The summed E-state index contributed by atoms with van der Waals surface area (Å²) in [5.74, 6) is -0.251.